The zero-order chi connectivity index (χ0) is 30.0. The number of allylic oxidation sites excluding steroid dienone is 3. The van der Waals surface area contributed by atoms with Crippen LogP contribution in [0.5, 0.6) is 0 Å². The van der Waals surface area contributed by atoms with Crippen molar-refractivity contribution in [3.8, 4) is 6.07 Å². The quantitative estimate of drug-likeness (QED) is 0.463. The van der Waals surface area contributed by atoms with Gasteiger partial charge in [0.15, 0.2) is 11.6 Å². The molecule has 0 saturated heterocycles. The number of nitriles is 1. The Kier molecular flexibility index (Phi) is 5.63. The molecule has 0 aromatic carbocycles. The van der Waals surface area contributed by atoms with Gasteiger partial charge in [-0.05, 0) is 73.3 Å². The number of fused-ring (bicyclic) bond motifs is 7. The lowest BCUT2D eigenvalue weighted by atomic mass is 9.33. The molecule has 1 heterocycles. The monoisotopic (exact) mass is 557 g/mol. The van der Waals surface area contributed by atoms with Gasteiger partial charge in [0, 0.05) is 40.0 Å². The minimum atomic E-state index is -1.64. The first-order valence-electron chi connectivity index (χ1n) is 15.1. The van der Waals surface area contributed by atoms with Gasteiger partial charge in [0.25, 0.3) is 0 Å². The second-order valence-corrected chi connectivity index (χ2v) is 15.7. The highest BCUT2D eigenvalue weighted by Crippen LogP contribution is 2.75. The molecule has 5 aliphatic carbocycles. The predicted octanol–water partition coefficient (Wildman–Crippen LogP) is 5.86. The van der Waals surface area contributed by atoms with Crippen LogP contribution in [0.4, 0.5) is 0 Å². The molecule has 0 amide bonds. The fraction of sp³-hybridized carbons (Fsp3) is 0.676. The molecule has 3 saturated carbocycles. The Labute approximate surface area is 243 Å². The number of aliphatic hydroxyl groups is 1. The molecule has 0 radical (unpaired) electrons. The molecule has 218 valence electrons. The molecule has 7 heteroatoms. The van der Waals surface area contributed by atoms with Gasteiger partial charge in [-0.3, -0.25) is 19.0 Å². The van der Waals surface area contributed by atoms with Crippen LogP contribution in [0.1, 0.15) is 98.2 Å². The number of Topliss-reactive ketones (excluding diaryl/α,β-unsaturated/α-hetero) is 1. The Hall–Kier alpha value is -2.85. The number of rotatable bonds is 1. The van der Waals surface area contributed by atoms with Crippen molar-refractivity contribution < 1.29 is 19.5 Å². The van der Waals surface area contributed by atoms with Crippen molar-refractivity contribution in [2.75, 3.05) is 0 Å². The zero-order valence-electron chi connectivity index (χ0n) is 25.5. The minimum Gasteiger partial charge on any atom is -0.381 e. The number of nitrogens with zero attached hydrogens (tertiary/aromatic N) is 3. The van der Waals surface area contributed by atoms with Gasteiger partial charge in [0.2, 0.25) is 5.91 Å². The van der Waals surface area contributed by atoms with Crippen LogP contribution in [-0.4, -0.2) is 37.7 Å². The van der Waals surface area contributed by atoms with Crippen LogP contribution in [0.25, 0.3) is 0 Å². The molecule has 41 heavy (non-hydrogen) atoms. The smallest absolute Gasteiger partial charge is 0.237 e. The predicted molar refractivity (Wildman–Crippen MR) is 153 cm³/mol. The molecule has 1 aromatic rings. The van der Waals surface area contributed by atoms with Gasteiger partial charge in [0.05, 0.1) is 5.57 Å². The molecule has 6 rings (SSSR count). The topological polar surface area (TPSA) is 113 Å². The lowest BCUT2D eigenvalue weighted by Crippen LogP contribution is -2.74. The van der Waals surface area contributed by atoms with E-state index in [0.29, 0.717) is 19.3 Å². The van der Waals surface area contributed by atoms with Gasteiger partial charge in [-0.15, -0.1) is 0 Å². The van der Waals surface area contributed by atoms with Crippen LogP contribution in [0.3, 0.4) is 0 Å². The van der Waals surface area contributed by atoms with Crippen molar-refractivity contribution in [2.24, 2.45) is 44.3 Å². The van der Waals surface area contributed by atoms with Gasteiger partial charge in [-0.1, -0.05) is 54.5 Å². The Morgan fingerprint density at radius 3 is 2.34 bits per heavy atom. The molecule has 7 nitrogen and oxygen atoms in total. The summed E-state index contributed by atoms with van der Waals surface area (Å²) in [6.45, 7) is 14.4. The molecular weight excluding hydrogens is 514 g/mol. The molecule has 1 N–H and O–H groups in total. The molecule has 2 unspecified atom stereocenters. The van der Waals surface area contributed by atoms with Gasteiger partial charge >= 0.3 is 0 Å². The Morgan fingerprint density at radius 1 is 1.02 bits per heavy atom. The number of hydrogen-bond acceptors (Lipinski definition) is 6. The lowest BCUT2D eigenvalue weighted by Gasteiger charge is -2.71. The number of aromatic nitrogens is 2. The van der Waals surface area contributed by atoms with Crippen molar-refractivity contribution in [1.29, 1.82) is 5.26 Å². The van der Waals surface area contributed by atoms with E-state index >= 15 is 0 Å². The molecular formula is C34H43N3O4. The van der Waals surface area contributed by atoms with Gasteiger partial charge in [-0.2, -0.15) is 5.26 Å². The molecule has 8 atom stereocenters. The number of ketones is 2. The standard InChI is InChI=1S/C34H43N3O4/c1-28(2)22-8-9-32(6)23(31(22,5)17-21(19-35)26(28)39)16-25(38)34(41)24-18-30(4,27(40)37-15-14-36-20-37)11-10-29(24,3)12-13-33(32,34)7/h14-17,20,22,24,41H,8-13,18H2,1-7H3/t22-,24+,29+,30-,31?,32+,33-,34?/m0/s1. The highest BCUT2D eigenvalue weighted by molar-refractivity contribution is 6.05. The van der Waals surface area contributed by atoms with Crippen LogP contribution < -0.4 is 0 Å². The third-order valence-corrected chi connectivity index (χ3v) is 13.5. The third kappa shape index (κ3) is 3.18. The summed E-state index contributed by atoms with van der Waals surface area (Å²) in [6, 6.07) is 2.15. The van der Waals surface area contributed by atoms with Crippen molar-refractivity contribution in [3.05, 3.63) is 42.0 Å². The SMILES string of the molecule is CC1(C)C(=O)C(C#N)=CC2(C)C3=CC(=O)C4(O)[C@@H]5C[C@@](C)(C(=O)n6ccnc6)CC[C@]5(C)CC[C@@]4(C)[C@]3(C)CC[C@@H]12. The summed E-state index contributed by atoms with van der Waals surface area (Å²) in [5.41, 5.74) is -4.23. The fourth-order valence-electron chi connectivity index (χ4n) is 10.6. The molecule has 0 spiro atoms. The Balaban J connectivity index is 1.51. The first-order valence-corrected chi connectivity index (χ1v) is 15.1. The number of imidazole rings is 1. The van der Waals surface area contributed by atoms with Crippen molar-refractivity contribution in [2.45, 2.75) is 99.0 Å². The largest absolute Gasteiger partial charge is 0.381 e. The maximum absolute atomic E-state index is 14.6. The summed E-state index contributed by atoms with van der Waals surface area (Å²) in [5, 5.41) is 22.9. The highest BCUT2D eigenvalue weighted by atomic mass is 16.3. The summed E-state index contributed by atoms with van der Waals surface area (Å²) < 4.78 is 1.53. The molecule has 5 aliphatic rings. The van der Waals surface area contributed by atoms with Crippen LogP contribution in [0.15, 0.2) is 42.0 Å². The van der Waals surface area contributed by atoms with E-state index in [0.717, 1.165) is 31.3 Å². The first kappa shape index (κ1) is 28.3. The molecule has 1 aromatic heterocycles. The van der Waals surface area contributed by atoms with Crippen molar-refractivity contribution in [1.82, 2.24) is 9.55 Å². The lowest BCUT2D eigenvalue weighted by molar-refractivity contribution is -0.241. The number of carbonyl (C=O) groups is 3. The van der Waals surface area contributed by atoms with Crippen LogP contribution >= 0.6 is 0 Å². The van der Waals surface area contributed by atoms with E-state index in [2.05, 4.69) is 38.7 Å². The Morgan fingerprint density at radius 2 is 1.71 bits per heavy atom. The van der Waals surface area contributed by atoms with E-state index < -0.39 is 32.7 Å². The van der Waals surface area contributed by atoms with Crippen LogP contribution in [0.2, 0.25) is 0 Å². The summed E-state index contributed by atoms with van der Waals surface area (Å²) in [4.78, 5) is 45.6. The van der Waals surface area contributed by atoms with Crippen LogP contribution in [0, 0.1) is 55.7 Å². The number of hydrogen-bond donors (Lipinski definition) is 1. The second kappa shape index (κ2) is 8.16. The fourth-order valence-corrected chi connectivity index (χ4v) is 10.6. The molecule has 3 fully saturated rings. The van der Waals surface area contributed by atoms with Gasteiger partial charge in [0.1, 0.15) is 18.0 Å². The average Bonchev–Trinajstić information content (AvgIpc) is 3.46. The number of carbonyl (C=O) groups excluding carboxylic acids is 3. The Bertz CT molecular complexity index is 1480. The van der Waals surface area contributed by atoms with Crippen molar-refractivity contribution in [3.63, 3.8) is 0 Å². The van der Waals surface area contributed by atoms with Crippen molar-refractivity contribution >= 4 is 17.5 Å². The van der Waals surface area contributed by atoms with E-state index in [1.54, 1.807) is 18.5 Å². The van der Waals surface area contributed by atoms with Gasteiger partial charge in [-0.25, -0.2) is 4.98 Å². The summed E-state index contributed by atoms with van der Waals surface area (Å²) in [7, 11) is 0. The highest BCUT2D eigenvalue weighted by Gasteiger charge is 2.75. The zero-order valence-corrected chi connectivity index (χ0v) is 25.5. The van der Waals surface area contributed by atoms with E-state index in [-0.39, 0.29) is 40.3 Å². The van der Waals surface area contributed by atoms with Crippen LogP contribution in [-0.2, 0) is 9.59 Å². The van der Waals surface area contributed by atoms with E-state index in [9.17, 15) is 24.8 Å². The van der Waals surface area contributed by atoms with E-state index in [4.69, 9.17) is 0 Å². The first-order chi connectivity index (χ1) is 18.9. The summed E-state index contributed by atoms with van der Waals surface area (Å²) in [6.07, 6.45) is 13.3. The van der Waals surface area contributed by atoms with E-state index in [1.807, 2.05) is 26.8 Å². The average molecular weight is 558 g/mol. The van der Waals surface area contributed by atoms with E-state index in [1.165, 1.54) is 10.9 Å². The maximum atomic E-state index is 14.6. The minimum absolute atomic E-state index is 0.0464. The maximum Gasteiger partial charge on any atom is 0.237 e. The second-order valence-electron chi connectivity index (χ2n) is 15.7. The summed E-state index contributed by atoms with van der Waals surface area (Å²) >= 11 is 0. The summed E-state index contributed by atoms with van der Waals surface area (Å²) in [5.74, 6) is -0.904. The molecule has 0 bridgehead atoms. The third-order valence-electron chi connectivity index (χ3n) is 13.5. The van der Waals surface area contributed by atoms with Gasteiger partial charge < -0.3 is 5.11 Å². The molecule has 0 aliphatic heterocycles. The normalized spacial score (nSPS) is 46.6.